The van der Waals surface area contributed by atoms with Gasteiger partial charge in [0, 0.05) is 22.7 Å². The lowest BCUT2D eigenvalue weighted by atomic mass is 10.1. The highest BCUT2D eigenvalue weighted by Gasteiger charge is 2.12. The van der Waals surface area contributed by atoms with E-state index in [9.17, 15) is 9.18 Å². The molecule has 4 rings (SSSR count). The summed E-state index contributed by atoms with van der Waals surface area (Å²) in [5.74, 6) is -0.440. The Balaban J connectivity index is 1.39. The molecule has 2 N–H and O–H groups in total. The van der Waals surface area contributed by atoms with Crippen LogP contribution in [0.4, 0.5) is 10.1 Å². The molecule has 0 radical (unpaired) electrons. The fourth-order valence-electron chi connectivity index (χ4n) is 2.83. The first-order valence-corrected chi connectivity index (χ1v) is 10.3. The van der Waals surface area contributed by atoms with Gasteiger partial charge in [0.2, 0.25) is 11.8 Å². The molecular formula is C22H16FN3O2S2. The van der Waals surface area contributed by atoms with Crippen molar-refractivity contribution in [3.63, 3.8) is 0 Å². The standard InChI is InChI=1S/C22H16FN3O2S2/c23-17-13-15(25-22(29)26-20(27)12-14-4-2-1-3-5-14)6-7-18(17)28-21-16-9-11-30-19(16)8-10-24-21/h1-11,13H,12H2,(H2,25,26,27,29). The predicted octanol–water partition coefficient (Wildman–Crippen LogP) is 5.28. The number of nitrogens with one attached hydrogen (secondary N) is 2. The highest BCUT2D eigenvalue weighted by molar-refractivity contribution is 7.80. The second-order valence-corrected chi connectivity index (χ2v) is 7.72. The average Bonchev–Trinajstić information content (AvgIpc) is 3.20. The number of carbonyl (C=O) groups is 1. The number of hydrogen-bond acceptors (Lipinski definition) is 5. The molecule has 0 spiro atoms. The molecule has 4 aromatic rings. The van der Waals surface area contributed by atoms with Crippen molar-refractivity contribution in [1.82, 2.24) is 10.3 Å². The van der Waals surface area contributed by atoms with Gasteiger partial charge in [0.15, 0.2) is 16.7 Å². The fraction of sp³-hybridized carbons (Fsp3) is 0.0455. The summed E-state index contributed by atoms with van der Waals surface area (Å²) in [5, 5.41) is 8.24. The Labute approximate surface area is 181 Å². The molecule has 0 atom stereocenters. The maximum absolute atomic E-state index is 14.5. The molecule has 0 fully saturated rings. The molecule has 0 aliphatic heterocycles. The Morgan fingerprint density at radius 1 is 1.13 bits per heavy atom. The Kier molecular flexibility index (Phi) is 5.97. The predicted molar refractivity (Wildman–Crippen MR) is 121 cm³/mol. The monoisotopic (exact) mass is 437 g/mol. The number of rotatable bonds is 5. The van der Waals surface area contributed by atoms with Crippen molar-refractivity contribution in [2.24, 2.45) is 0 Å². The van der Waals surface area contributed by atoms with Crippen LogP contribution in [0.5, 0.6) is 11.6 Å². The number of aromatic nitrogens is 1. The van der Waals surface area contributed by atoms with Crippen LogP contribution in [0, 0.1) is 5.82 Å². The normalized spacial score (nSPS) is 10.6. The van der Waals surface area contributed by atoms with E-state index in [0.29, 0.717) is 11.6 Å². The molecular weight excluding hydrogens is 421 g/mol. The summed E-state index contributed by atoms with van der Waals surface area (Å²) in [5.41, 5.74) is 1.27. The number of amides is 1. The molecule has 0 aliphatic rings. The SMILES string of the molecule is O=C(Cc1ccccc1)NC(=S)Nc1ccc(Oc2nccc3sccc23)c(F)c1. The van der Waals surface area contributed by atoms with Crippen LogP contribution >= 0.6 is 23.6 Å². The van der Waals surface area contributed by atoms with Gasteiger partial charge in [0.1, 0.15) is 0 Å². The van der Waals surface area contributed by atoms with Crippen molar-refractivity contribution in [3.05, 3.63) is 83.6 Å². The zero-order valence-electron chi connectivity index (χ0n) is 15.6. The van der Waals surface area contributed by atoms with E-state index in [1.807, 2.05) is 47.8 Å². The average molecular weight is 438 g/mol. The summed E-state index contributed by atoms with van der Waals surface area (Å²) in [6, 6.07) is 17.4. The zero-order chi connectivity index (χ0) is 20.9. The summed E-state index contributed by atoms with van der Waals surface area (Å²) < 4.78 is 21.2. The van der Waals surface area contributed by atoms with Crippen LogP contribution < -0.4 is 15.4 Å². The largest absolute Gasteiger partial charge is 0.435 e. The van der Waals surface area contributed by atoms with Gasteiger partial charge in [0.05, 0.1) is 11.8 Å². The second kappa shape index (κ2) is 8.98. The number of anilines is 1. The minimum absolute atomic E-state index is 0.0470. The smallest absolute Gasteiger partial charge is 0.230 e. The van der Waals surface area contributed by atoms with Crippen LogP contribution in [-0.2, 0) is 11.2 Å². The van der Waals surface area contributed by atoms with Gasteiger partial charge < -0.3 is 15.4 Å². The van der Waals surface area contributed by atoms with Crippen LogP contribution in [-0.4, -0.2) is 16.0 Å². The molecule has 0 saturated carbocycles. The van der Waals surface area contributed by atoms with Crippen LogP contribution in [0.3, 0.4) is 0 Å². The van der Waals surface area contributed by atoms with Crippen molar-refractivity contribution in [2.45, 2.75) is 6.42 Å². The number of carbonyl (C=O) groups excluding carboxylic acids is 1. The molecule has 0 saturated heterocycles. The van der Waals surface area contributed by atoms with Gasteiger partial charge in [-0.15, -0.1) is 11.3 Å². The summed E-state index contributed by atoms with van der Waals surface area (Å²) >= 11 is 6.71. The lowest BCUT2D eigenvalue weighted by Crippen LogP contribution is -2.35. The molecule has 2 aromatic heterocycles. The number of halogens is 1. The molecule has 30 heavy (non-hydrogen) atoms. The van der Waals surface area contributed by atoms with E-state index in [1.165, 1.54) is 12.1 Å². The van der Waals surface area contributed by atoms with E-state index < -0.39 is 5.82 Å². The summed E-state index contributed by atoms with van der Waals surface area (Å²) in [7, 11) is 0. The van der Waals surface area contributed by atoms with Crippen LogP contribution in [0.15, 0.2) is 72.2 Å². The Hall–Kier alpha value is -3.36. The van der Waals surface area contributed by atoms with Gasteiger partial charge in [-0.25, -0.2) is 9.37 Å². The number of benzene rings is 2. The van der Waals surface area contributed by atoms with E-state index in [2.05, 4.69) is 15.6 Å². The molecule has 8 heteroatoms. The van der Waals surface area contributed by atoms with E-state index in [-0.39, 0.29) is 23.2 Å². The third-order valence-electron chi connectivity index (χ3n) is 4.20. The zero-order valence-corrected chi connectivity index (χ0v) is 17.2. The molecule has 2 heterocycles. The number of hydrogen-bond donors (Lipinski definition) is 2. The number of nitrogens with zero attached hydrogens (tertiary/aromatic N) is 1. The highest BCUT2D eigenvalue weighted by atomic mass is 32.1. The number of fused-ring (bicyclic) bond motifs is 1. The van der Waals surface area contributed by atoms with Gasteiger partial charge in [0.25, 0.3) is 0 Å². The van der Waals surface area contributed by atoms with Gasteiger partial charge in [-0.2, -0.15) is 0 Å². The lowest BCUT2D eigenvalue weighted by Gasteiger charge is -2.11. The van der Waals surface area contributed by atoms with Crippen LogP contribution in [0.2, 0.25) is 0 Å². The van der Waals surface area contributed by atoms with Gasteiger partial charge in [-0.1, -0.05) is 30.3 Å². The van der Waals surface area contributed by atoms with Gasteiger partial charge >= 0.3 is 0 Å². The van der Waals surface area contributed by atoms with E-state index in [0.717, 1.165) is 15.6 Å². The Morgan fingerprint density at radius 2 is 1.97 bits per heavy atom. The quantitative estimate of drug-likeness (QED) is 0.416. The lowest BCUT2D eigenvalue weighted by molar-refractivity contribution is -0.119. The summed E-state index contributed by atoms with van der Waals surface area (Å²) in [4.78, 5) is 16.3. The van der Waals surface area contributed by atoms with Crippen molar-refractivity contribution < 1.29 is 13.9 Å². The molecule has 0 aliphatic carbocycles. The number of ether oxygens (including phenoxy) is 1. The number of thiocarbonyl (C=S) groups is 1. The summed E-state index contributed by atoms with van der Waals surface area (Å²) in [6.45, 7) is 0. The molecule has 0 bridgehead atoms. The van der Waals surface area contributed by atoms with Crippen molar-refractivity contribution in [1.29, 1.82) is 0 Å². The molecule has 0 unspecified atom stereocenters. The molecule has 1 amide bonds. The Morgan fingerprint density at radius 3 is 2.77 bits per heavy atom. The Bertz CT molecular complexity index is 1210. The van der Waals surface area contributed by atoms with Gasteiger partial charge in [-0.05, 0) is 47.4 Å². The first-order valence-electron chi connectivity index (χ1n) is 9.03. The third kappa shape index (κ3) is 4.79. The first kappa shape index (κ1) is 19.9. The summed E-state index contributed by atoms with van der Waals surface area (Å²) in [6.07, 6.45) is 1.82. The number of thiophene rings is 1. The van der Waals surface area contributed by atoms with Gasteiger partial charge in [-0.3, -0.25) is 4.79 Å². The fourth-order valence-corrected chi connectivity index (χ4v) is 3.83. The first-order chi connectivity index (χ1) is 14.6. The molecule has 5 nitrogen and oxygen atoms in total. The van der Waals surface area contributed by atoms with Crippen molar-refractivity contribution >= 4 is 50.3 Å². The molecule has 150 valence electrons. The minimum Gasteiger partial charge on any atom is -0.435 e. The van der Waals surface area contributed by atoms with Crippen molar-refractivity contribution in [2.75, 3.05) is 5.32 Å². The molecule has 2 aromatic carbocycles. The van der Waals surface area contributed by atoms with E-state index in [4.69, 9.17) is 17.0 Å². The van der Waals surface area contributed by atoms with E-state index >= 15 is 0 Å². The van der Waals surface area contributed by atoms with Crippen LogP contribution in [0.25, 0.3) is 10.1 Å². The second-order valence-electron chi connectivity index (χ2n) is 6.36. The van der Waals surface area contributed by atoms with E-state index in [1.54, 1.807) is 23.6 Å². The maximum atomic E-state index is 14.5. The minimum atomic E-state index is -0.576. The van der Waals surface area contributed by atoms with Crippen LogP contribution in [0.1, 0.15) is 5.56 Å². The maximum Gasteiger partial charge on any atom is 0.230 e. The number of pyridine rings is 1. The van der Waals surface area contributed by atoms with Crippen molar-refractivity contribution in [3.8, 4) is 11.6 Å². The third-order valence-corrected chi connectivity index (χ3v) is 5.29. The topological polar surface area (TPSA) is 63.2 Å². The highest BCUT2D eigenvalue weighted by Crippen LogP contribution is 2.32.